The molecule has 150 valence electrons. The summed E-state index contributed by atoms with van der Waals surface area (Å²) in [6.45, 7) is 6.31. The van der Waals surface area contributed by atoms with Gasteiger partial charge in [-0.05, 0) is 56.7 Å². The molecule has 28 heavy (non-hydrogen) atoms. The molecule has 1 fully saturated rings. The van der Waals surface area contributed by atoms with Crippen molar-refractivity contribution in [2.24, 2.45) is 0 Å². The van der Waals surface area contributed by atoms with Crippen molar-refractivity contribution in [3.05, 3.63) is 59.4 Å². The van der Waals surface area contributed by atoms with Crippen LogP contribution in [0.1, 0.15) is 29.8 Å². The molecular formula is C20H23FN2O4S. The Hall–Kier alpha value is -2.45. The lowest BCUT2D eigenvalue weighted by molar-refractivity contribution is -0.0586. The number of halogens is 1. The molecule has 0 aromatic heterocycles. The molecule has 3 rings (SSSR count). The zero-order chi connectivity index (χ0) is 20.5. The van der Waals surface area contributed by atoms with Crippen molar-refractivity contribution in [2.75, 3.05) is 17.8 Å². The van der Waals surface area contributed by atoms with Crippen molar-refractivity contribution in [3.63, 3.8) is 0 Å². The summed E-state index contributed by atoms with van der Waals surface area (Å²) >= 11 is 0. The normalized spacial score (nSPS) is 20.1. The van der Waals surface area contributed by atoms with E-state index < -0.39 is 15.8 Å². The summed E-state index contributed by atoms with van der Waals surface area (Å²) in [5.74, 6) is -0.785. The number of morpholine rings is 1. The highest BCUT2D eigenvalue weighted by atomic mass is 32.2. The fraction of sp³-hybridized carbons (Fsp3) is 0.350. The number of hydrogen-bond donors (Lipinski definition) is 1. The minimum absolute atomic E-state index is 0.0641. The van der Waals surface area contributed by atoms with Gasteiger partial charge >= 0.3 is 0 Å². The number of sulfonamides is 1. The summed E-state index contributed by atoms with van der Waals surface area (Å²) < 4.78 is 46.9. The molecule has 0 spiro atoms. The molecule has 1 saturated heterocycles. The van der Waals surface area contributed by atoms with Gasteiger partial charge in [-0.3, -0.25) is 9.52 Å². The van der Waals surface area contributed by atoms with Gasteiger partial charge in [0.25, 0.3) is 15.9 Å². The van der Waals surface area contributed by atoms with Gasteiger partial charge < -0.3 is 9.64 Å². The van der Waals surface area contributed by atoms with Crippen LogP contribution in [0.2, 0.25) is 0 Å². The van der Waals surface area contributed by atoms with Gasteiger partial charge in [-0.1, -0.05) is 12.1 Å². The van der Waals surface area contributed by atoms with E-state index in [1.54, 1.807) is 30.0 Å². The van der Waals surface area contributed by atoms with Crippen molar-refractivity contribution in [3.8, 4) is 0 Å². The zero-order valence-corrected chi connectivity index (χ0v) is 16.8. The van der Waals surface area contributed by atoms with Gasteiger partial charge in [0.1, 0.15) is 5.82 Å². The van der Waals surface area contributed by atoms with Crippen LogP contribution in [0.4, 0.5) is 10.1 Å². The van der Waals surface area contributed by atoms with E-state index in [-0.39, 0.29) is 28.7 Å². The van der Waals surface area contributed by atoms with Gasteiger partial charge in [0, 0.05) is 24.3 Å². The number of nitrogens with zero attached hydrogens (tertiary/aromatic N) is 1. The van der Waals surface area contributed by atoms with Crippen LogP contribution in [0.5, 0.6) is 0 Å². The number of carbonyl (C=O) groups excluding carboxylic acids is 1. The summed E-state index contributed by atoms with van der Waals surface area (Å²) in [4.78, 5) is 14.3. The number of amides is 1. The Morgan fingerprint density at radius 1 is 1.14 bits per heavy atom. The first kappa shape index (κ1) is 20.3. The zero-order valence-electron chi connectivity index (χ0n) is 16.0. The van der Waals surface area contributed by atoms with Crippen molar-refractivity contribution < 1.29 is 22.3 Å². The van der Waals surface area contributed by atoms with Gasteiger partial charge in [0.05, 0.1) is 17.1 Å². The smallest absolute Gasteiger partial charge is 0.261 e. The SMILES string of the molecule is Cc1ccc(S(=O)(=O)Nc2cccc(C(=O)N3C[C@@H](C)O[C@@H](C)C3)c2)cc1F. The monoisotopic (exact) mass is 406 g/mol. The van der Waals surface area contributed by atoms with Gasteiger partial charge in [-0.15, -0.1) is 0 Å². The second-order valence-electron chi connectivity index (χ2n) is 7.06. The van der Waals surface area contributed by atoms with Crippen LogP contribution in [0.15, 0.2) is 47.4 Å². The summed E-state index contributed by atoms with van der Waals surface area (Å²) in [7, 11) is -3.97. The largest absolute Gasteiger partial charge is 0.372 e. The Kier molecular flexibility index (Phi) is 5.71. The third-order valence-corrected chi connectivity index (χ3v) is 5.90. The third-order valence-electron chi connectivity index (χ3n) is 4.52. The van der Waals surface area contributed by atoms with Crippen LogP contribution in [-0.2, 0) is 14.8 Å². The average molecular weight is 406 g/mol. The van der Waals surface area contributed by atoms with E-state index in [1.165, 1.54) is 18.2 Å². The van der Waals surface area contributed by atoms with E-state index in [2.05, 4.69) is 4.72 Å². The Balaban J connectivity index is 1.81. The number of aryl methyl sites for hydroxylation is 1. The van der Waals surface area contributed by atoms with Gasteiger partial charge in [0.15, 0.2) is 0 Å². The second-order valence-corrected chi connectivity index (χ2v) is 8.75. The molecule has 8 heteroatoms. The third kappa shape index (κ3) is 4.51. The number of rotatable bonds is 4. The molecule has 0 radical (unpaired) electrons. The molecule has 1 N–H and O–H groups in total. The highest BCUT2D eigenvalue weighted by Gasteiger charge is 2.27. The Morgan fingerprint density at radius 3 is 2.46 bits per heavy atom. The first-order valence-corrected chi connectivity index (χ1v) is 10.5. The Bertz CT molecular complexity index is 983. The van der Waals surface area contributed by atoms with Gasteiger partial charge in [-0.25, -0.2) is 12.8 Å². The quantitative estimate of drug-likeness (QED) is 0.846. The summed E-state index contributed by atoms with van der Waals surface area (Å²) in [6, 6.07) is 9.99. The first-order chi connectivity index (χ1) is 13.2. The molecule has 0 bridgehead atoms. The lowest BCUT2D eigenvalue weighted by atomic mass is 10.1. The lowest BCUT2D eigenvalue weighted by Crippen LogP contribution is -2.48. The summed E-state index contributed by atoms with van der Waals surface area (Å²) in [6.07, 6.45) is -0.128. The van der Waals surface area contributed by atoms with E-state index >= 15 is 0 Å². The molecule has 6 nitrogen and oxygen atoms in total. The van der Waals surface area contributed by atoms with Crippen molar-refractivity contribution in [1.82, 2.24) is 4.90 Å². The van der Waals surface area contributed by atoms with Crippen LogP contribution in [-0.4, -0.2) is 44.5 Å². The van der Waals surface area contributed by atoms with Crippen LogP contribution in [0.3, 0.4) is 0 Å². The summed E-state index contributed by atoms with van der Waals surface area (Å²) in [5.41, 5.74) is 0.971. The number of carbonyl (C=O) groups is 1. The van der Waals surface area contributed by atoms with Crippen molar-refractivity contribution in [2.45, 2.75) is 37.9 Å². The van der Waals surface area contributed by atoms with Gasteiger partial charge in [-0.2, -0.15) is 0 Å². The Labute approximate surface area is 164 Å². The van der Waals surface area contributed by atoms with Gasteiger partial charge in [0.2, 0.25) is 0 Å². The molecule has 2 aromatic rings. The number of hydrogen-bond acceptors (Lipinski definition) is 4. The predicted molar refractivity (Wildman–Crippen MR) is 104 cm³/mol. The topological polar surface area (TPSA) is 75.7 Å². The minimum atomic E-state index is -3.97. The maximum Gasteiger partial charge on any atom is 0.261 e. The number of benzene rings is 2. The number of ether oxygens (including phenoxy) is 1. The molecule has 2 atom stereocenters. The molecule has 1 aliphatic heterocycles. The second kappa shape index (κ2) is 7.89. The van der Waals surface area contributed by atoms with Crippen molar-refractivity contribution >= 4 is 21.6 Å². The number of nitrogens with one attached hydrogen (secondary N) is 1. The highest BCUT2D eigenvalue weighted by molar-refractivity contribution is 7.92. The fourth-order valence-electron chi connectivity index (χ4n) is 3.20. The average Bonchev–Trinajstić information content (AvgIpc) is 2.62. The molecule has 1 heterocycles. The van der Waals surface area contributed by atoms with E-state index in [1.807, 2.05) is 13.8 Å². The highest BCUT2D eigenvalue weighted by Crippen LogP contribution is 2.21. The molecule has 2 aromatic carbocycles. The standard InChI is InChI=1S/C20H23FN2O4S/c1-13-7-8-18(10-19(13)21)28(25,26)22-17-6-4-5-16(9-17)20(24)23-11-14(2)27-15(3)12-23/h4-10,14-15,22H,11-12H2,1-3H3/t14-,15+. The minimum Gasteiger partial charge on any atom is -0.372 e. The van der Waals surface area contributed by atoms with E-state index in [9.17, 15) is 17.6 Å². The van der Waals surface area contributed by atoms with Crippen LogP contribution < -0.4 is 4.72 Å². The predicted octanol–water partition coefficient (Wildman–Crippen LogP) is 3.18. The van der Waals surface area contributed by atoms with E-state index in [0.29, 0.717) is 24.2 Å². The number of anilines is 1. The molecule has 1 aliphatic rings. The molecule has 0 aliphatic carbocycles. The Morgan fingerprint density at radius 2 is 1.82 bits per heavy atom. The maximum absolute atomic E-state index is 13.7. The maximum atomic E-state index is 13.7. The van der Waals surface area contributed by atoms with Crippen molar-refractivity contribution in [1.29, 1.82) is 0 Å². The fourth-order valence-corrected chi connectivity index (χ4v) is 4.26. The van der Waals surface area contributed by atoms with Crippen LogP contribution >= 0.6 is 0 Å². The lowest BCUT2D eigenvalue weighted by Gasteiger charge is -2.35. The molecule has 0 saturated carbocycles. The molecule has 0 unspecified atom stereocenters. The van der Waals surface area contributed by atoms with Crippen LogP contribution in [0, 0.1) is 12.7 Å². The summed E-state index contributed by atoms with van der Waals surface area (Å²) in [5, 5.41) is 0. The molecular weight excluding hydrogens is 383 g/mol. The molecule has 1 amide bonds. The van der Waals surface area contributed by atoms with E-state index in [4.69, 9.17) is 4.74 Å². The van der Waals surface area contributed by atoms with Crippen LogP contribution in [0.25, 0.3) is 0 Å². The van der Waals surface area contributed by atoms with E-state index in [0.717, 1.165) is 6.07 Å². The first-order valence-electron chi connectivity index (χ1n) is 8.99.